The highest BCUT2D eigenvalue weighted by Crippen LogP contribution is 2.34. The zero-order chi connectivity index (χ0) is 23.7. The maximum atomic E-state index is 10.7. The minimum atomic E-state index is -4.92. The molecule has 0 aliphatic rings. The van der Waals surface area contributed by atoms with Crippen LogP contribution < -0.4 is 0 Å². The summed E-state index contributed by atoms with van der Waals surface area (Å²) < 4.78 is 119. The van der Waals surface area contributed by atoms with Gasteiger partial charge >= 0.3 is 0 Å². The zero-order valence-electron chi connectivity index (χ0n) is 14.0. The first kappa shape index (κ1) is 25.7. The Morgan fingerprint density at radius 2 is 0.833 bits per heavy atom. The highest BCUT2D eigenvalue weighted by atomic mass is 32.2. The SMILES string of the molecule is O=S(=O)(O)c1cc(O)c(O)c(S(=O)(=O)O)c1.O=S(=O)(O)c1ccc(S(=O)(=O)O)cc1. The number of hydrogen-bond donors (Lipinski definition) is 6. The zero-order valence-corrected chi connectivity index (χ0v) is 17.3. The van der Waals surface area contributed by atoms with Crippen LogP contribution in [0.5, 0.6) is 11.5 Å². The molecule has 0 bridgehead atoms. The van der Waals surface area contributed by atoms with Gasteiger partial charge in [0.15, 0.2) is 11.5 Å². The molecule has 0 saturated carbocycles. The summed E-state index contributed by atoms with van der Waals surface area (Å²) in [6.45, 7) is 0. The predicted molar refractivity (Wildman–Crippen MR) is 95.5 cm³/mol. The molecule has 168 valence electrons. The quantitative estimate of drug-likeness (QED) is 0.230. The summed E-state index contributed by atoms with van der Waals surface area (Å²) in [4.78, 5) is -3.08. The van der Waals surface area contributed by atoms with Gasteiger partial charge in [-0.1, -0.05) is 0 Å². The second-order valence-corrected chi connectivity index (χ2v) is 10.8. The van der Waals surface area contributed by atoms with Crippen molar-refractivity contribution >= 4 is 40.5 Å². The normalized spacial score (nSPS) is 12.7. The van der Waals surface area contributed by atoms with Crippen molar-refractivity contribution in [1.82, 2.24) is 0 Å². The summed E-state index contributed by atoms with van der Waals surface area (Å²) in [6, 6.07) is 4.23. The lowest BCUT2D eigenvalue weighted by Crippen LogP contribution is -2.03. The van der Waals surface area contributed by atoms with Crippen molar-refractivity contribution in [2.75, 3.05) is 0 Å². The predicted octanol–water partition coefficient (Wildman–Crippen LogP) is -0.229. The summed E-state index contributed by atoms with van der Waals surface area (Å²) in [6.07, 6.45) is 0. The molecule has 2 aromatic rings. The molecule has 2 aromatic carbocycles. The molecule has 0 aliphatic heterocycles. The summed E-state index contributed by atoms with van der Waals surface area (Å²) >= 11 is 0. The Morgan fingerprint density at radius 1 is 0.500 bits per heavy atom. The Hall–Kier alpha value is -2.32. The molecule has 0 heterocycles. The van der Waals surface area contributed by atoms with Gasteiger partial charge in [-0.15, -0.1) is 0 Å². The van der Waals surface area contributed by atoms with E-state index in [1.807, 2.05) is 0 Å². The van der Waals surface area contributed by atoms with Gasteiger partial charge in [-0.25, -0.2) is 0 Å². The van der Waals surface area contributed by atoms with Gasteiger partial charge in [0.2, 0.25) is 0 Å². The number of hydrogen-bond acceptors (Lipinski definition) is 10. The molecule has 0 radical (unpaired) electrons. The molecular formula is C12H12O14S4. The average Bonchev–Trinajstić information content (AvgIpc) is 2.54. The fraction of sp³-hybridized carbons (Fsp3) is 0. The van der Waals surface area contributed by atoms with E-state index in [9.17, 15) is 33.7 Å². The Morgan fingerprint density at radius 3 is 1.10 bits per heavy atom. The van der Waals surface area contributed by atoms with Crippen molar-refractivity contribution in [1.29, 1.82) is 0 Å². The summed E-state index contributed by atoms with van der Waals surface area (Å²) in [5.74, 6) is -2.32. The van der Waals surface area contributed by atoms with Crippen LogP contribution in [0, 0.1) is 0 Å². The van der Waals surface area contributed by atoms with Gasteiger partial charge in [0, 0.05) is 6.07 Å². The largest absolute Gasteiger partial charge is 0.504 e. The first-order valence-corrected chi connectivity index (χ1v) is 12.6. The number of aromatic hydroxyl groups is 2. The standard InChI is InChI=1S/C6H6O8S2.C6H6O6S2/c7-4-1-3(15(9,10)11)2-5(6(4)8)16(12,13)14;7-13(8,9)5-1-2-6(4-3-5)14(10,11)12/h1-2,7-8H,(H,9,10,11)(H,12,13,14);1-4H,(H,7,8,9)(H,10,11,12). The minimum absolute atomic E-state index is 0.305. The number of rotatable bonds is 4. The van der Waals surface area contributed by atoms with Crippen LogP contribution in [0.1, 0.15) is 0 Å². The Balaban J connectivity index is 0.000000303. The number of phenols is 2. The van der Waals surface area contributed by atoms with Gasteiger partial charge in [0.25, 0.3) is 40.5 Å². The molecule has 14 nitrogen and oxygen atoms in total. The van der Waals surface area contributed by atoms with Crippen molar-refractivity contribution in [2.45, 2.75) is 19.6 Å². The van der Waals surface area contributed by atoms with E-state index in [-0.39, 0.29) is 0 Å². The fourth-order valence-corrected chi connectivity index (χ4v) is 3.88. The van der Waals surface area contributed by atoms with Crippen LogP contribution in [0.25, 0.3) is 0 Å². The van der Waals surface area contributed by atoms with E-state index in [0.717, 1.165) is 24.3 Å². The Kier molecular flexibility index (Phi) is 7.23. The molecular weight excluding hydrogens is 496 g/mol. The van der Waals surface area contributed by atoms with E-state index in [1.54, 1.807) is 0 Å². The van der Waals surface area contributed by atoms with Gasteiger partial charge in [-0.3, -0.25) is 18.2 Å². The highest BCUT2D eigenvalue weighted by molar-refractivity contribution is 7.87. The van der Waals surface area contributed by atoms with Crippen LogP contribution in [-0.2, 0) is 40.5 Å². The molecule has 0 atom stereocenters. The van der Waals surface area contributed by atoms with Crippen LogP contribution in [0.15, 0.2) is 56.0 Å². The third kappa shape index (κ3) is 6.88. The number of benzene rings is 2. The topological polar surface area (TPSA) is 258 Å². The van der Waals surface area contributed by atoms with E-state index in [2.05, 4.69) is 0 Å². The maximum absolute atomic E-state index is 10.7. The third-order valence-electron chi connectivity index (χ3n) is 3.02. The van der Waals surface area contributed by atoms with E-state index in [1.165, 1.54) is 0 Å². The lowest BCUT2D eigenvalue weighted by molar-refractivity contribution is 0.386. The summed E-state index contributed by atoms with van der Waals surface area (Å²) in [5, 5.41) is 18.1. The van der Waals surface area contributed by atoms with Crippen molar-refractivity contribution < 1.29 is 62.1 Å². The average molecular weight is 508 g/mol. The van der Waals surface area contributed by atoms with Crippen molar-refractivity contribution in [2.24, 2.45) is 0 Å². The monoisotopic (exact) mass is 508 g/mol. The maximum Gasteiger partial charge on any atom is 0.298 e. The molecule has 0 aliphatic carbocycles. The molecule has 2 rings (SSSR count). The van der Waals surface area contributed by atoms with Gasteiger partial charge in [-0.05, 0) is 30.3 Å². The van der Waals surface area contributed by atoms with Crippen molar-refractivity contribution in [3.63, 3.8) is 0 Å². The van der Waals surface area contributed by atoms with Crippen LogP contribution in [0.2, 0.25) is 0 Å². The lowest BCUT2D eigenvalue weighted by atomic mass is 10.3. The van der Waals surface area contributed by atoms with E-state index >= 15 is 0 Å². The molecule has 0 amide bonds. The second kappa shape index (κ2) is 8.43. The van der Waals surface area contributed by atoms with Crippen LogP contribution >= 0.6 is 0 Å². The van der Waals surface area contributed by atoms with E-state index < -0.39 is 71.6 Å². The smallest absolute Gasteiger partial charge is 0.298 e. The molecule has 0 unspecified atom stereocenters. The van der Waals surface area contributed by atoms with Crippen LogP contribution in [-0.4, -0.2) is 62.1 Å². The third-order valence-corrected chi connectivity index (χ3v) is 6.46. The Labute approximate surface area is 170 Å². The molecule has 0 fully saturated rings. The van der Waals surface area contributed by atoms with Gasteiger partial charge < -0.3 is 10.2 Å². The van der Waals surface area contributed by atoms with Gasteiger partial charge in [-0.2, -0.15) is 33.7 Å². The molecule has 30 heavy (non-hydrogen) atoms. The van der Waals surface area contributed by atoms with E-state index in [4.69, 9.17) is 28.4 Å². The number of phenolic OH excluding ortho intramolecular Hbond substituents is 2. The molecule has 0 saturated heterocycles. The van der Waals surface area contributed by atoms with Crippen molar-refractivity contribution in [3.8, 4) is 11.5 Å². The minimum Gasteiger partial charge on any atom is -0.504 e. The Bertz CT molecular complexity index is 1320. The van der Waals surface area contributed by atoms with Crippen LogP contribution in [0.3, 0.4) is 0 Å². The molecule has 0 aromatic heterocycles. The van der Waals surface area contributed by atoms with E-state index in [0.29, 0.717) is 12.1 Å². The fourth-order valence-electron chi connectivity index (χ4n) is 1.70. The lowest BCUT2D eigenvalue weighted by Gasteiger charge is -2.05. The first-order chi connectivity index (χ1) is 13.2. The summed E-state index contributed by atoms with van der Waals surface area (Å²) in [7, 11) is -18.4. The first-order valence-electron chi connectivity index (χ1n) is 6.80. The second-order valence-electron chi connectivity index (χ2n) is 5.16. The summed E-state index contributed by atoms with van der Waals surface area (Å²) in [5.41, 5.74) is 0. The highest BCUT2D eigenvalue weighted by Gasteiger charge is 2.23. The van der Waals surface area contributed by atoms with Gasteiger partial charge in [0.05, 0.1) is 14.7 Å². The van der Waals surface area contributed by atoms with Gasteiger partial charge in [0.1, 0.15) is 4.90 Å². The molecule has 6 N–H and O–H groups in total. The van der Waals surface area contributed by atoms with Crippen molar-refractivity contribution in [3.05, 3.63) is 36.4 Å². The van der Waals surface area contributed by atoms with Crippen LogP contribution in [0.4, 0.5) is 0 Å². The molecule has 18 heteroatoms. The molecule has 0 spiro atoms.